The summed E-state index contributed by atoms with van der Waals surface area (Å²) in [6.07, 6.45) is 0. The molecule has 0 heterocycles. The van der Waals surface area contributed by atoms with E-state index in [0.29, 0.717) is 5.69 Å². The second kappa shape index (κ2) is 6.00. The smallest absolute Gasteiger partial charge is 0.306 e. The normalized spacial score (nSPS) is 11.9. The van der Waals surface area contributed by atoms with Crippen molar-refractivity contribution in [1.82, 2.24) is 0 Å². The first-order valence-corrected chi connectivity index (χ1v) is 6.73. The molecule has 0 aliphatic carbocycles. The fourth-order valence-electron chi connectivity index (χ4n) is 1.90. The van der Waals surface area contributed by atoms with Gasteiger partial charge in [-0.1, -0.05) is 34.1 Å². The van der Waals surface area contributed by atoms with Crippen LogP contribution in [0.4, 0.5) is 15.8 Å². The van der Waals surface area contributed by atoms with E-state index < -0.39 is 16.4 Å². The Hall–Kier alpha value is -1.95. The van der Waals surface area contributed by atoms with Gasteiger partial charge in [0.2, 0.25) is 5.82 Å². The predicted octanol–water partition coefficient (Wildman–Crippen LogP) is 4.67. The molecule has 2 aromatic rings. The number of rotatable bonds is 4. The summed E-state index contributed by atoms with van der Waals surface area (Å²) in [7, 11) is 0. The number of halogens is 2. The molecule has 0 saturated heterocycles. The van der Waals surface area contributed by atoms with Crippen molar-refractivity contribution in [3.8, 4) is 0 Å². The highest BCUT2D eigenvalue weighted by atomic mass is 79.9. The van der Waals surface area contributed by atoms with Crippen LogP contribution in [0.15, 0.2) is 46.9 Å². The lowest BCUT2D eigenvalue weighted by Crippen LogP contribution is -2.07. The fraction of sp³-hybridized carbons (Fsp3) is 0.143. The molecule has 4 nitrogen and oxygen atoms in total. The zero-order valence-electron chi connectivity index (χ0n) is 10.6. The van der Waals surface area contributed by atoms with Crippen LogP contribution >= 0.6 is 15.9 Å². The van der Waals surface area contributed by atoms with Gasteiger partial charge in [0.25, 0.3) is 0 Å². The molecule has 104 valence electrons. The molecular weight excluding hydrogens is 327 g/mol. The van der Waals surface area contributed by atoms with Crippen LogP contribution in [-0.2, 0) is 0 Å². The second-order valence-electron chi connectivity index (χ2n) is 4.31. The van der Waals surface area contributed by atoms with Gasteiger partial charge in [-0.3, -0.25) is 10.1 Å². The third kappa shape index (κ3) is 3.14. The molecule has 6 heteroatoms. The van der Waals surface area contributed by atoms with Crippen molar-refractivity contribution in [2.24, 2.45) is 0 Å². The highest BCUT2D eigenvalue weighted by Crippen LogP contribution is 2.28. The van der Waals surface area contributed by atoms with E-state index in [2.05, 4.69) is 21.2 Å². The number of nitro groups is 1. The average Bonchev–Trinajstić information content (AvgIpc) is 2.41. The van der Waals surface area contributed by atoms with Crippen LogP contribution in [0.25, 0.3) is 0 Å². The Labute approximate surface area is 123 Å². The number of anilines is 1. The van der Waals surface area contributed by atoms with Gasteiger partial charge < -0.3 is 5.32 Å². The van der Waals surface area contributed by atoms with Crippen molar-refractivity contribution >= 4 is 27.3 Å². The van der Waals surface area contributed by atoms with Gasteiger partial charge in [0.1, 0.15) is 0 Å². The number of hydrogen-bond donors (Lipinski definition) is 1. The lowest BCUT2D eigenvalue weighted by molar-refractivity contribution is -0.387. The second-order valence-corrected chi connectivity index (χ2v) is 5.17. The van der Waals surface area contributed by atoms with Crippen LogP contribution in [0.2, 0.25) is 0 Å². The molecule has 1 unspecified atom stereocenters. The Balaban J connectivity index is 2.24. The van der Waals surface area contributed by atoms with Crippen LogP contribution in [-0.4, -0.2) is 4.92 Å². The highest BCUT2D eigenvalue weighted by molar-refractivity contribution is 9.10. The number of nitrogens with one attached hydrogen (secondary N) is 1. The van der Waals surface area contributed by atoms with Gasteiger partial charge in [-0.25, -0.2) is 0 Å². The lowest BCUT2D eigenvalue weighted by Gasteiger charge is -2.17. The summed E-state index contributed by atoms with van der Waals surface area (Å²) in [5.74, 6) is -0.839. The van der Waals surface area contributed by atoms with Crippen LogP contribution in [0, 0.1) is 15.9 Å². The first kappa shape index (κ1) is 14.5. The Morgan fingerprint density at radius 1 is 1.30 bits per heavy atom. The van der Waals surface area contributed by atoms with E-state index in [9.17, 15) is 14.5 Å². The van der Waals surface area contributed by atoms with E-state index in [4.69, 9.17) is 0 Å². The van der Waals surface area contributed by atoms with E-state index >= 15 is 0 Å². The first-order chi connectivity index (χ1) is 9.49. The molecule has 0 aliphatic heterocycles. The summed E-state index contributed by atoms with van der Waals surface area (Å²) in [4.78, 5) is 9.98. The maximum absolute atomic E-state index is 13.3. The highest BCUT2D eigenvalue weighted by Gasteiger charge is 2.16. The monoisotopic (exact) mass is 338 g/mol. The van der Waals surface area contributed by atoms with E-state index in [1.54, 1.807) is 0 Å². The van der Waals surface area contributed by atoms with Crippen molar-refractivity contribution in [2.45, 2.75) is 13.0 Å². The summed E-state index contributed by atoms with van der Waals surface area (Å²) >= 11 is 3.45. The van der Waals surface area contributed by atoms with Crippen LogP contribution in [0.1, 0.15) is 18.5 Å². The van der Waals surface area contributed by atoms with Crippen molar-refractivity contribution < 1.29 is 9.31 Å². The van der Waals surface area contributed by atoms with Gasteiger partial charge in [0.15, 0.2) is 0 Å². The zero-order valence-corrected chi connectivity index (χ0v) is 12.2. The molecule has 0 aliphatic rings. The molecule has 20 heavy (non-hydrogen) atoms. The molecule has 2 rings (SSSR count). The maximum atomic E-state index is 13.3. The van der Waals surface area contributed by atoms with Gasteiger partial charge in [0.05, 0.1) is 4.92 Å². The lowest BCUT2D eigenvalue weighted by atomic mass is 10.1. The molecule has 1 N–H and O–H groups in total. The van der Waals surface area contributed by atoms with E-state index in [1.165, 1.54) is 12.1 Å². The Morgan fingerprint density at radius 3 is 2.65 bits per heavy atom. The van der Waals surface area contributed by atoms with E-state index in [-0.39, 0.29) is 6.04 Å². The number of hydrogen-bond acceptors (Lipinski definition) is 3. The van der Waals surface area contributed by atoms with Crippen molar-refractivity contribution in [1.29, 1.82) is 0 Å². The SMILES string of the molecule is CC(Nc1ccc(F)c([N+](=O)[O-])c1)c1ccccc1Br. The van der Waals surface area contributed by atoms with E-state index in [0.717, 1.165) is 16.1 Å². The third-order valence-corrected chi connectivity index (χ3v) is 3.62. The van der Waals surface area contributed by atoms with Crippen LogP contribution in [0.3, 0.4) is 0 Å². The fourth-order valence-corrected chi connectivity index (χ4v) is 2.52. The van der Waals surface area contributed by atoms with Gasteiger partial charge in [-0.2, -0.15) is 4.39 Å². The Bertz CT molecular complexity index is 649. The topological polar surface area (TPSA) is 55.2 Å². The molecule has 0 saturated carbocycles. The van der Waals surface area contributed by atoms with Crippen LogP contribution in [0.5, 0.6) is 0 Å². The van der Waals surface area contributed by atoms with Crippen molar-refractivity contribution in [3.05, 3.63) is 68.4 Å². The summed E-state index contributed by atoms with van der Waals surface area (Å²) in [5, 5.41) is 13.8. The quantitative estimate of drug-likeness (QED) is 0.651. The zero-order chi connectivity index (χ0) is 14.7. The average molecular weight is 339 g/mol. The molecule has 1 atom stereocenters. The standard InChI is InChI=1S/C14H12BrFN2O2/c1-9(11-4-2-3-5-12(11)15)17-10-6-7-13(16)14(8-10)18(19)20/h2-9,17H,1H3. The number of benzene rings is 2. The van der Waals surface area contributed by atoms with Crippen molar-refractivity contribution in [3.63, 3.8) is 0 Å². The molecule has 2 aromatic carbocycles. The van der Waals surface area contributed by atoms with Gasteiger partial charge >= 0.3 is 5.69 Å². The molecule has 0 radical (unpaired) electrons. The molecule has 0 bridgehead atoms. The van der Waals surface area contributed by atoms with Crippen LogP contribution < -0.4 is 5.32 Å². The maximum Gasteiger partial charge on any atom is 0.306 e. The Morgan fingerprint density at radius 2 is 2.00 bits per heavy atom. The predicted molar refractivity (Wildman–Crippen MR) is 79.2 cm³/mol. The van der Waals surface area contributed by atoms with Gasteiger partial charge in [0, 0.05) is 22.3 Å². The molecule has 0 aromatic heterocycles. The Kier molecular flexibility index (Phi) is 4.34. The summed E-state index contributed by atoms with van der Waals surface area (Å²) in [6, 6.07) is 11.4. The van der Waals surface area contributed by atoms with Gasteiger partial charge in [-0.15, -0.1) is 0 Å². The minimum absolute atomic E-state index is 0.0735. The molecule has 0 amide bonds. The first-order valence-electron chi connectivity index (χ1n) is 5.94. The summed E-state index contributed by atoms with van der Waals surface area (Å²) < 4.78 is 14.2. The minimum atomic E-state index is -0.839. The van der Waals surface area contributed by atoms with E-state index in [1.807, 2.05) is 31.2 Å². The number of nitrogens with zero attached hydrogens (tertiary/aromatic N) is 1. The largest absolute Gasteiger partial charge is 0.378 e. The molecule has 0 spiro atoms. The summed E-state index contributed by atoms with van der Waals surface area (Å²) in [5.41, 5.74) is 0.982. The summed E-state index contributed by atoms with van der Waals surface area (Å²) in [6.45, 7) is 1.93. The minimum Gasteiger partial charge on any atom is -0.378 e. The molecule has 0 fully saturated rings. The van der Waals surface area contributed by atoms with Gasteiger partial charge in [-0.05, 0) is 30.7 Å². The molecular formula is C14H12BrFN2O2. The van der Waals surface area contributed by atoms with Crippen molar-refractivity contribution in [2.75, 3.05) is 5.32 Å². The number of nitro benzene ring substituents is 1. The third-order valence-electron chi connectivity index (χ3n) is 2.90.